The fourth-order valence-electron chi connectivity index (χ4n) is 1.56. The second-order valence-electron chi connectivity index (χ2n) is 3.32. The van der Waals surface area contributed by atoms with Crippen LogP contribution in [0.2, 0.25) is 0 Å². The summed E-state index contributed by atoms with van der Waals surface area (Å²) in [5.41, 5.74) is 0. The van der Waals surface area contributed by atoms with Crippen LogP contribution in [0.5, 0.6) is 0 Å². The number of hydrogen-bond donors (Lipinski definition) is 1. The van der Waals surface area contributed by atoms with Crippen molar-refractivity contribution < 1.29 is 9.90 Å². The van der Waals surface area contributed by atoms with E-state index in [1.165, 1.54) is 0 Å². The first-order chi connectivity index (χ1) is 4.61. The van der Waals surface area contributed by atoms with Gasteiger partial charge in [0.15, 0.2) is 0 Å². The number of Topliss-reactive ketones (excluding diaryl/α,β-unsaturated/α-hetero) is 1. The second-order valence-corrected chi connectivity index (χ2v) is 3.32. The van der Waals surface area contributed by atoms with Gasteiger partial charge in [-0.05, 0) is 25.7 Å². The van der Waals surface area contributed by atoms with Gasteiger partial charge in [-0.25, -0.2) is 0 Å². The number of carbonyl (C=O) groups is 1. The summed E-state index contributed by atoms with van der Waals surface area (Å²) >= 11 is 0. The van der Waals surface area contributed by atoms with Crippen molar-refractivity contribution >= 4 is 5.78 Å². The van der Waals surface area contributed by atoms with E-state index in [-0.39, 0.29) is 17.8 Å². The van der Waals surface area contributed by atoms with Crippen LogP contribution < -0.4 is 0 Å². The summed E-state index contributed by atoms with van der Waals surface area (Å²) in [5.74, 6) is 0.669. The first kappa shape index (κ1) is 7.73. The molecule has 1 aliphatic carbocycles. The molecular formula is C8H14O2. The molecule has 0 radical (unpaired) electrons. The third kappa shape index (κ3) is 1.37. The topological polar surface area (TPSA) is 37.3 Å². The van der Waals surface area contributed by atoms with Gasteiger partial charge < -0.3 is 5.11 Å². The summed E-state index contributed by atoms with van der Waals surface area (Å²) in [4.78, 5) is 10.8. The molecule has 2 nitrogen and oxygen atoms in total. The van der Waals surface area contributed by atoms with Gasteiger partial charge in [0.05, 0.1) is 6.10 Å². The lowest BCUT2D eigenvalue weighted by Crippen LogP contribution is -2.09. The van der Waals surface area contributed by atoms with Gasteiger partial charge in [-0.3, -0.25) is 4.79 Å². The molecule has 0 heterocycles. The van der Waals surface area contributed by atoms with E-state index in [9.17, 15) is 9.90 Å². The van der Waals surface area contributed by atoms with Crippen molar-refractivity contribution in [3.8, 4) is 0 Å². The van der Waals surface area contributed by atoms with E-state index in [1.807, 2.05) is 6.92 Å². The molecular weight excluding hydrogens is 128 g/mol. The van der Waals surface area contributed by atoms with Crippen molar-refractivity contribution in [1.29, 1.82) is 0 Å². The third-order valence-electron chi connectivity index (χ3n) is 2.41. The van der Waals surface area contributed by atoms with Gasteiger partial charge in [-0.15, -0.1) is 0 Å². The molecule has 0 aromatic carbocycles. The van der Waals surface area contributed by atoms with E-state index in [4.69, 9.17) is 0 Å². The fourth-order valence-corrected chi connectivity index (χ4v) is 1.56. The number of ketones is 1. The normalized spacial score (nSPS) is 40.1. The van der Waals surface area contributed by atoms with Gasteiger partial charge in [-0.2, -0.15) is 0 Å². The van der Waals surface area contributed by atoms with Crippen molar-refractivity contribution in [3.05, 3.63) is 0 Å². The lowest BCUT2D eigenvalue weighted by atomic mass is 10.0. The molecule has 2 heteroatoms. The number of rotatable bonds is 1. The minimum atomic E-state index is -0.242. The zero-order valence-corrected chi connectivity index (χ0v) is 6.50. The maximum absolute atomic E-state index is 10.8. The molecule has 1 N–H and O–H groups in total. The van der Waals surface area contributed by atoms with Crippen LogP contribution in [0, 0.1) is 11.8 Å². The predicted octanol–water partition coefficient (Wildman–Crippen LogP) is 0.982. The van der Waals surface area contributed by atoms with Gasteiger partial charge in [0.1, 0.15) is 5.78 Å². The Morgan fingerprint density at radius 1 is 1.50 bits per heavy atom. The minimum Gasteiger partial charge on any atom is -0.393 e. The molecule has 0 aromatic rings. The lowest BCUT2D eigenvalue weighted by Gasteiger charge is -2.03. The molecule has 10 heavy (non-hydrogen) atoms. The average molecular weight is 142 g/mol. The Morgan fingerprint density at radius 3 is 2.30 bits per heavy atom. The van der Waals surface area contributed by atoms with Gasteiger partial charge in [0.25, 0.3) is 0 Å². The SMILES string of the molecule is CC(=O)[C@@H]1CC(O)[C@H](C)C1. The summed E-state index contributed by atoms with van der Waals surface area (Å²) in [7, 11) is 0. The van der Waals surface area contributed by atoms with Crippen LogP contribution in [0.3, 0.4) is 0 Å². The zero-order chi connectivity index (χ0) is 7.72. The van der Waals surface area contributed by atoms with Crippen LogP contribution in [0.4, 0.5) is 0 Å². The van der Waals surface area contributed by atoms with Crippen LogP contribution in [0.1, 0.15) is 26.7 Å². The van der Waals surface area contributed by atoms with E-state index in [1.54, 1.807) is 6.92 Å². The molecule has 0 aliphatic heterocycles. The van der Waals surface area contributed by atoms with Gasteiger partial charge >= 0.3 is 0 Å². The Morgan fingerprint density at radius 2 is 2.10 bits per heavy atom. The number of carbonyl (C=O) groups excluding carboxylic acids is 1. The van der Waals surface area contributed by atoms with Gasteiger partial charge in [-0.1, -0.05) is 6.92 Å². The van der Waals surface area contributed by atoms with Gasteiger partial charge in [0.2, 0.25) is 0 Å². The molecule has 58 valence electrons. The molecule has 1 rings (SSSR count). The maximum atomic E-state index is 10.8. The Labute approximate surface area is 61.2 Å². The number of aliphatic hydroxyl groups is 1. The molecule has 1 saturated carbocycles. The monoisotopic (exact) mass is 142 g/mol. The van der Waals surface area contributed by atoms with Crippen molar-refractivity contribution in [2.75, 3.05) is 0 Å². The predicted molar refractivity (Wildman–Crippen MR) is 38.6 cm³/mol. The highest BCUT2D eigenvalue weighted by molar-refractivity contribution is 5.78. The third-order valence-corrected chi connectivity index (χ3v) is 2.41. The molecule has 0 spiro atoms. The Bertz CT molecular complexity index is 132. The van der Waals surface area contributed by atoms with Crippen molar-refractivity contribution in [2.45, 2.75) is 32.8 Å². The van der Waals surface area contributed by atoms with Crippen LogP contribution in [0.25, 0.3) is 0 Å². The molecule has 0 aromatic heterocycles. The van der Waals surface area contributed by atoms with Crippen LogP contribution in [-0.4, -0.2) is 17.0 Å². The molecule has 0 saturated heterocycles. The van der Waals surface area contributed by atoms with E-state index >= 15 is 0 Å². The molecule has 1 fully saturated rings. The van der Waals surface area contributed by atoms with Crippen LogP contribution in [0.15, 0.2) is 0 Å². The highest BCUT2D eigenvalue weighted by atomic mass is 16.3. The maximum Gasteiger partial charge on any atom is 0.133 e. The Kier molecular flexibility index (Phi) is 2.09. The fraction of sp³-hybridized carbons (Fsp3) is 0.875. The highest BCUT2D eigenvalue weighted by Gasteiger charge is 2.31. The number of hydrogen-bond acceptors (Lipinski definition) is 2. The standard InChI is InChI=1S/C8H14O2/c1-5-3-7(6(2)9)4-8(5)10/h5,7-8,10H,3-4H2,1-2H3/t5-,7+,8?/m1/s1. The van der Waals surface area contributed by atoms with Crippen molar-refractivity contribution in [2.24, 2.45) is 11.8 Å². The molecule has 1 aliphatic rings. The zero-order valence-electron chi connectivity index (χ0n) is 6.50. The van der Waals surface area contributed by atoms with Crippen LogP contribution in [-0.2, 0) is 4.79 Å². The van der Waals surface area contributed by atoms with Crippen LogP contribution >= 0.6 is 0 Å². The van der Waals surface area contributed by atoms with Gasteiger partial charge in [0, 0.05) is 5.92 Å². The largest absolute Gasteiger partial charge is 0.393 e. The average Bonchev–Trinajstić information content (AvgIpc) is 2.13. The Hall–Kier alpha value is -0.370. The highest BCUT2D eigenvalue weighted by Crippen LogP contribution is 2.31. The van der Waals surface area contributed by atoms with Crippen molar-refractivity contribution in [3.63, 3.8) is 0 Å². The smallest absolute Gasteiger partial charge is 0.133 e. The first-order valence-corrected chi connectivity index (χ1v) is 3.79. The molecule has 0 amide bonds. The minimum absolute atomic E-state index is 0.130. The quantitative estimate of drug-likeness (QED) is 0.592. The van der Waals surface area contributed by atoms with E-state index < -0.39 is 0 Å². The summed E-state index contributed by atoms with van der Waals surface area (Å²) in [6.45, 7) is 3.60. The number of aliphatic hydroxyl groups excluding tert-OH is 1. The molecule has 1 unspecified atom stereocenters. The lowest BCUT2D eigenvalue weighted by molar-refractivity contribution is -0.120. The summed E-state index contributed by atoms with van der Waals surface area (Å²) < 4.78 is 0. The summed E-state index contributed by atoms with van der Waals surface area (Å²) in [6, 6.07) is 0. The molecule has 0 bridgehead atoms. The molecule has 3 atom stereocenters. The van der Waals surface area contributed by atoms with Crippen molar-refractivity contribution in [1.82, 2.24) is 0 Å². The second kappa shape index (κ2) is 2.70. The van der Waals surface area contributed by atoms with E-state index in [0.29, 0.717) is 12.3 Å². The van der Waals surface area contributed by atoms with E-state index in [0.717, 1.165) is 6.42 Å². The first-order valence-electron chi connectivity index (χ1n) is 3.79. The van der Waals surface area contributed by atoms with E-state index in [2.05, 4.69) is 0 Å². The summed E-state index contributed by atoms with van der Waals surface area (Å²) in [6.07, 6.45) is 1.31. The summed E-state index contributed by atoms with van der Waals surface area (Å²) in [5, 5.41) is 9.26. The Balaban J connectivity index is 2.49.